The molecule has 0 radical (unpaired) electrons. The molecular weight excluding hydrogens is 528 g/mol. The quantitative estimate of drug-likeness (QED) is 0.258. The van der Waals surface area contributed by atoms with Crippen molar-refractivity contribution in [3.05, 3.63) is 70.3 Å². The predicted molar refractivity (Wildman–Crippen MR) is 157 cm³/mol. The van der Waals surface area contributed by atoms with Crippen LogP contribution in [0, 0.1) is 24.5 Å². The van der Waals surface area contributed by atoms with Crippen LogP contribution in [0.4, 0.5) is 8.78 Å². The molecule has 1 unspecified atom stereocenters. The molecule has 0 fully saturated rings. The van der Waals surface area contributed by atoms with E-state index in [4.69, 9.17) is 0 Å². The molecule has 7 nitrogen and oxygen atoms in total. The molecule has 3 N–H and O–H groups in total. The van der Waals surface area contributed by atoms with Crippen molar-refractivity contribution in [3.63, 3.8) is 0 Å². The highest BCUT2D eigenvalue weighted by atomic mass is 19.1. The monoisotopic (exact) mass is 573 g/mol. The fourth-order valence-corrected chi connectivity index (χ4v) is 4.69. The van der Waals surface area contributed by atoms with Crippen molar-refractivity contribution in [1.82, 2.24) is 15.5 Å². The van der Waals surface area contributed by atoms with Gasteiger partial charge in [0.25, 0.3) is 11.8 Å². The Bertz CT molecular complexity index is 1150. The summed E-state index contributed by atoms with van der Waals surface area (Å²) in [4.78, 5) is 40.5. The van der Waals surface area contributed by atoms with E-state index in [0.29, 0.717) is 25.1 Å². The summed E-state index contributed by atoms with van der Waals surface area (Å²) >= 11 is 0. The number of aliphatic hydroxyl groups is 1. The molecule has 3 atom stereocenters. The first-order valence-electron chi connectivity index (χ1n) is 14.6. The number of carbonyl (C=O) groups excluding carboxylic acids is 3. The Morgan fingerprint density at radius 1 is 0.927 bits per heavy atom. The Morgan fingerprint density at radius 3 is 2.12 bits per heavy atom. The zero-order valence-electron chi connectivity index (χ0n) is 24.9. The van der Waals surface area contributed by atoms with E-state index in [-0.39, 0.29) is 48.2 Å². The molecule has 226 valence electrons. The van der Waals surface area contributed by atoms with E-state index >= 15 is 0 Å². The smallest absolute Gasteiger partial charge is 0.253 e. The molecule has 0 aliphatic rings. The fourth-order valence-electron chi connectivity index (χ4n) is 4.69. The summed E-state index contributed by atoms with van der Waals surface area (Å²) in [5.74, 6) is -2.10. The number of aryl methyl sites for hydroxylation is 1. The van der Waals surface area contributed by atoms with Gasteiger partial charge in [0, 0.05) is 43.2 Å². The molecule has 0 saturated heterocycles. The SMILES string of the molecule is CCCN(CCC)C(=O)c1cc(C)cc(C(=O)N[C@@H](Cc2cc(F)cc(F)c2)[C@@H](O)CCNC(=O)CC(C)CC)c1. The van der Waals surface area contributed by atoms with E-state index in [2.05, 4.69) is 10.6 Å². The molecule has 0 aromatic heterocycles. The molecule has 3 amide bonds. The van der Waals surface area contributed by atoms with E-state index in [1.807, 2.05) is 27.7 Å². The first-order chi connectivity index (χ1) is 19.5. The summed E-state index contributed by atoms with van der Waals surface area (Å²) in [5, 5.41) is 16.6. The Labute approximate surface area is 242 Å². The van der Waals surface area contributed by atoms with Crippen molar-refractivity contribution < 1.29 is 28.3 Å². The summed E-state index contributed by atoms with van der Waals surface area (Å²) in [7, 11) is 0. The van der Waals surface area contributed by atoms with Crippen molar-refractivity contribution in [1.29, 1.82) is 0 Å². The summed E-state index contributed by atoms with van der Waals surface area (Å²) in [6.45, 7) is 11.2. The number of hydrogen-bond acceptors (Lipinski definition) is 4. The van der Waals surface area contributed by atoms with Gasteiger partial charge in [-0.15, -0.1) is 0 Å². The van der Waals surface area contributed by atoms with E-state index in [1.165, 1.54) is 6.07 Å². The third-order valence-corrected chi connectivity index (χ3v) is 7.01. The molecular formula is C32H45F2N3O4. The lowest BCUT2D eigenvalue weighted by atomic mass is 9.97. The minimum absolute atomic E-state index is 0.0409. The predicted octanol–water partition coefficient (Wildman–Crippen LogP) is 5.18. The molecule has 0 aliphatic carbocycles. The van der Waals surface area contributed by atoms with Gasteiger partial charge in [-0.05, 0) is 80.0 Å². The van der Waals surface area contributed by atoms with E-state index in [1.54, 1.807) is 24.0 Å². The van der Waals surface area contributed by atoms with E-state index < -0.39 is 29.7 Å². The summed E-state index contributed by atoms with van der Waals surface area (Å²) in [5.41, 5.74) is 1.63. The van der Waals surface area contributed by atoms with Crippen LogP contribution in [-0.4, -0.2) is 59.5 Å². The van der Waals surface area contributed by atoms with Crippen molar-refractivity contribution >= 4 is 17.7 Å². The Balaban J connectivity index is 2.25. The van der Waals surface area contributed by atoms with Gasteiger partial charge in [-0.3, -0.25) is 14.4 Å². The third-order valence-electron chi connectivity index (χ3n) is 7.01. The second kappa shape index (κ2) is 16.8. The van der Waals surface area contributed by atoms with Crippen LogP contribution in [0.25, 0.3) is 0 Å². The number of benzene rings is 2. The summed E-state index contributed by atoms with van der Waals surface area (Å²) in [6, 6.07) is 7.07. The van der Waals surface area contributed by atoms with Crippen molar-refractivity contribution in [3.8, 4) is 0 Å². The average Bonchev–Trinajstić information content (AvgIpc) is 2.91. The lowest BCUT2D eigenvalue weighted by Crippen LogP contribution is -2.46. The second-order valence-corrected chi connectivity index (χ2v) is 10.9. The maximum Gasteiger partial charge on any atom is 0.253 e. The van der Waals surface area contributed by atoms with E-state index in [0.717, 1.165) is 43.0 Å². The van der Waals surface area contributed by atoms with E-state index in [9.17, 15) is 28.3 Å². The lowest BCUT2D eigenvalue weighted by Gasteiger charge is -2.25. The van der Waals surface area contributed by atoms with Crippen LogP contribution in [0.15, 0.2) is 36.4 Å². The number of hydrogen-bond donors (Lipinski definition) is 3. The first-order valence-corrected chi connectivity index (χ1v) is 14.6. The number of carbonyl (C=O) groups is 3. The standard InChI is InChI=1S/C32H45F2N3O4/c1-6-11-37(12-7-2)32(41)25-14-22(5)13-24(19-25)31(40)36-28(18-23-16-26(33)20-27(34)17-23)29(38)9-10-35-30(39)15-21(4)8-3/h13-14,16-17,19-21,28-29,38H,6-12,15,18H2,1-5H3,(H,35,39)(H,36,40)/t21?,28-,29-/m0/s1. The molecule has 2 aromatic carbocycles. The molecule has 0 heterocycles. The number of amides is 3. The van der Waals surface area contributed by atoms with Gasteiger partial charge in [-0.25, -0.2) is 8.78 Å². The van der Waals surface area contributed by atoms with Crippen LogP contribution in [0.3, 0.4) is 0 Å². The second-order valence-electron chi connectivity index (χ2n) is 10.9. The molecule has 0 aliphatic heterocycles. The van der Waals surface area contributed by atoms with Gasteiger partial charge in [0.15, 0.2) is 0 Å². The Hall–Kier alpha value is -3.33. The molecule has 0 saturated carbocycles. The van der Waals surface area contributed by atoms with Crippen LogP contribution in [0.5, 0.6) is 0 Å². The number of nitrogens with zero attached hydrogens (tertiary/aromatic N) is 1. The normalized spacial score (nSPS) is 13.3. The van der Waals surface area contributed by atoms with Crippen molar-refractivity contribution in [2.45, 2.75) is 85.3 Å². The minimum Gasteiger partial charge on any atom is -0.391 e. The molecule has 9 heteroatoms. The highest BCUT2D eigenvalue weighted by Gasteiger charge is 2.24. The summed E-state index contributed by atoms with van der Waals surface area (Å²) < 4.78 is 27.8. The first kappa shape index (κ1) is 33.9. The van der Waals surface area contributed by atoms with Crippen molar-refractivity contribution in [2.24, 2.45) is 5.92 Å². The number of nitrogens with one attached hydrogen (secondary N) is 2. The third kappa shape index (κ3) is 11.2. The van der Waals surface area contributed by atoms with Gasteiger partial charge < -0.3 is 20.6 Å². The van der Waals surface area contributed by atoms with Gasteiger partial charge in [0.05, 0.1) is 12.1 Å². The highest BCUT2D eigenvalue weighted by Crippen LogP contribution is 2.17. The molecule has 0 spiro atoms. The fraction of sp³-hybridized carbons (Fsp3) is 0.531. The zero-order chi connectivity index (χ0) is 30.5. The molecule has 41 heavy (non-hydrogen) atoms. The molecule has 2 aromatic rings. The molecule has 0 bridgehead atoms. The Morgan fingerprint density at radius 2 is 1.54 bits per heavy atom. The number of rotatable bonds is 16. The van der Waals surface area contributed by atoms with Crippen LogP contribution in [0.1, 0.15) is 91.6 Å². The van der Waals surface area contributed by atoms with Crippen LogP contribution in [-0.2, 0) is 11.2 Å². The minimum atomic E-state index is -1.12. The van der Waals surface area contributed by atoms with Gasteiger partial charge >= 0.3 is 0 Å². The molecule has 2 rings (SSSR count). The largest absolute Gasteiger partial charge is 0.391 e. The van der Waals surface area contributed by atoms with Crippen molar-refractivity contribution in [2.75, 3.05) is 19.6 Å². The Kier molecular flexibility index (Phi) is 13.9. The van der Waals surface area contributed by atoms with Gasteiger partial charge in [0.1, 0.15) is 11.6 Å². The van der Waals surface area contributed by atoms with Crippen LogP contribution < -0.4 is 10.6 Å². The highest BCUT2D eigenvalue weighted by molar-refractivity contribution is 6.00. The average molecular weight is 574 g/mol. The summed E-state index contributed by atoms with van der Waals surface area (Å²) in [6.07, 6.45) is 1.82. The van der Waals surface area contributed by atoms with Crippen LogP contribution in [0.2, 0.25) is 0 Å². The topological polar surface area (TPSA) is 98.7 Å². The number of halogens is 2. The number of aliphatic hydroxyl groups excluding tert-OH is 1. The zero-order valence-corrected chi connectivity index (χ0v) is 24.9. The maximum atomic E-state index is 13.9. The van der Waals surface area contributed by atoms with Crippen LogP contribution >= 0.6 is 0 Å². The lowest BCUT2D eigenvalue weighted by molar-refractivity contribution is -0.122. The maximum absolute atomic E-state index is 13.9. The van der Waals surface area contributed by atoms with Gasteiger partial charge in [-0.1, -0.05) is 34.1 Å². The van der Waals surface area contributed by atoms with Gasteiger partial charge in [-0.2, -0.15) is 0 Å². The van der Waals surface area contributed by atoms with Gasteiger partial charge in [0.2, 0.25) is 5.91 Å².